The molecule has 3 aromatic carbocycles. The summed E-state index contributed by atoms with van der Waals surface area (Å²) in [5.74, 6) is 1.57. The van der Waals surface area contributed by atoms with E-state index in [0.717, 1.165) is 74.9 Å². The number of para-hydroxylation sites is 1. The van der Waals surface area contributed by atoms with Crippen molar-refractivity contribution in [3.63, 3.8) is 0 Å². The average molecular weight is 562 g/mol. The quantitative estimate of drug-likeness (QED) is 0.278. The second-order valence-electron chi connectivity index (χ2n) is 11.7. The maximum Gasteiger partial charge on any atom is 0.225 e. The van der Waals surface area contributed by atoms with Crippen LogP contribution in [0.25, 0.3) is 11.0 Å². The Morgan fingerprint density at radius 3 is 2.57 bits per heavy atom. The highest BCUT2D eigenvalue weighted by Gasteiger charge is 2.37. The highest BCUT2D eigenvalue weighted by atomic mass is 16.5. The van der Waals surface area contributed by atoms with E-state index < -0.39 is 0 Å². The van der Waals surface area contributed by atoms with Crippen molar-refractivity contribution < 1.29 is 13.7 Å². The molecule has 42 heavy (non-hydrogen) atoms. The lowest BCUT2D eigenvalue weighted by Crippen LogP contribution is -2.56. The number of carbonyl (C=O) groups excluding carboxylic acids is 1. The number of fused-ring (bicyclic) bond motifs is 3. The van der Waals surface area contributed by atoms with Gasteiger partial charge in [0.05, 0.1) is 24.2 Å². The lowest BCUT2D eigenvalue weighted by atomic mass is 9.90. The molecule has 2 aliphatic rings. The average Bonchev–Trinajstić information content (AvgIpc) is 3.52. The topological polar surface area (TPSA) is 101 Å². The Balaban J connectivity index is 1.16. The molecule has 2 atom stereocenters. The van der Waals surface area contributed by atoms with E-state index in [4.69, 9.17) is 14.7 Å². The van der Waals surface area contributed by atoms with Gasteiger partial charge in [-0.05, 0) is 62.2 Å². The van der Waals surface area contributed by atoms with E-state index in [0.29, 0.717) is 0 Å². The van der Waals surface area contributed by atoms with Gasteiger partial charge in [-0.2, -0.15) is 0 Å². The van der Waals surface area contributed by atoms with Crippen LogP contribution in [0.3, 0.4) is 0 Å². The molecule has 5 aromatic rings. The number of benzene rings is 3. The van der Waals surface area contributed by atoms with Gasteiger partial charge in [0.2, 0.25) is 5.91 Å². The normalized spacial score (nSPS) is 17.5. The van der Waals surface area contributed by atoms with Gasteiger partial charge in [-0.15, -0.1) is 0 Å². The van der Waals surface area contributed by atoms with Gasteiger partial charge in [0.15, 0.2) is 0 Å². The van der Waals surface area contributed by atoms with Crippen LogP contribution in [0.4, 0.5) is 11.4 Å². The van der Waals surface area contributed by atoms with Crippen molar-refractivity contribution in [1.29, 1.82) is 0 Å². The molecular weight excluding hydrogens is 526 g/mol. The van der Waals surface area contributed by atoms with Crippen LogP contribution in [0.15, 0.2) is 75.7 Å². The SMILES string of the molecule is Cc1ccc2c(c1)N(C)c1ccccc1C2NC(=O)Cc1ccc2oc(C(c3c(C)noc3C)N3CC(N)C3)cc2c1. The van der Waals surface area contributed by atoms with E-state index in [1.807, 2.05) is 44.2 Å². The number of rotatable bonds is 6. The fourth-order valence-corrected chi connectivity index (χ4v) is 6.58. The van der Waals surface area contributed by atoms with Crippen LogP contribution in [-0.4, -0.2) is 42.1 Å². The second kappa shape index (κ2) is 10.2. The summed E-state index contributed by atoms with van der Waals surface area (Å²) in [5.41, 5.74) is 15.3. The van der Waals surface area contributed by atoms with Gasteiger partial charge in [0, 0.05) is 59.6 Å². The summed E-state index contributed by atoms with van der Waals surface area (Å²) in [5, 5.41) is 8.48. The van der Waals surface area contributed by atoms with Crippen molar-refractivity contribution >= 4 is 28.3 Å². The van der Waals surface area contributed by atoms with Crippen LogP contribution >= 0.6 is 0 Å². The molecule has 2 aliphatic heterocycles. The molecular formula is C34H35N5O3. The number of amides is 1. The number of hydrogen-bond donors (Lipinski definition) is 2. The van der Waals surface area contributed by atoms with E-state index in [-0.39, 0.29) is 30.5 Å². The molecule has 1 saturated heterocycles. The van der Waals surface area contributed by atoms with Gasteiger partial charge in [-0.25, -0.2) is 0 Å². The van der Waals surface area contributed by atoms with Gasteiger partial charge in [-0.3, -0.25) is 9.69 Å². The Morgan fingerprint density at radius 2 is 1.81 bits per heavy atom. The fraction of sp³-hybridized carbons (Fsp3) is 0.294. The number of aromatic nitrogens is 1. The summed E-state index contributed by atoms with van der Waals surface area (Å²) in [4.78, 5) is 18.0. The second-order valence-corrected chi connectivity index (χ2v) is 11.7. The minimum atomic E-state index is -0.219. The van der Waals surface area contributed by atoms with Gasteiger partial charge < -0.3 is 24.9 Å². The number of nitrogens with one attached hydrogen (secondary N) is 1. The Labute approximate surface area is 245 Å². The van der Waals surface area contributed by atoms with Crippen LogP contribution in [0, 0.1) is 20.8 Å². The Bertz CT molecular complexity index is 1800. The number of nitrogens with zero attached hydrogens (tertiary/aromatic N) is 3. The Morgan fingerprint density at radius 1 is 1.02 bits per heavy atom. The van der Waals surface area contributed by atoms with Gasteiger partial charge in [0.25, 0.3) is 0 Å². The van der Waals surface area contributed by atoms with Crippen LogP contribution in [0.5, 0.6) is 0 Å². The predicted octanol–water partition coefficient (Wildman–Crippen LogP) is 5.61. The van der Waals surface area contributed by atoms with Crippen molar-refractivity contribution in [2.75, 3.05) is 25.0 Å². The molecule has 3 N–H and O–H groups in total. The first-order valence-electron chi connectivity index (χ1n) is 14.4. The molecule has 0 bridgehead atoms. The molecule has 0 aliphatic carbocycles. The molecule has 8 heteroatoms. The molecule has 0 saturated carbocycles. The third-order valence-electron chi connectivity index (χ3n) is 8.67. The van der Waals surface area contributed by atoms with E-state index in [2.05, 4.69) is 70.6 Å². The molecule has 1 fully saturated rings. The monoisotopic (exact) mass is 561 g/mol. The summed E-state index contributed by atoms with van der Waals surface area (Å²) in [6.45, 7) is 7.54. The first-order chi connectivity index (χ1) is 20.3. The predicted molar refractivity (Wildman–Crippen MR) is 163 cm³/mol. The number of aryl methyl sites for hydroxylation is 3. The Kier molecular flexibility index (Phi) is 6.40. The van der Waals surface area contributed by atoms with E-state index in [1.165, 1.54) is 5.56 Å². The summed E-state index contributed by atoms with van der Waals surface area (Å²) < 4.78 is 11.9. The van der Waals surface area contributed by atoms with Crippen molar-refractivity contribution in [1.82, 2.24) is 15.4 Å². The number of hydrogen-bond acceptors (Lipinski definition) is 7. The van der Waals surface area contributed by atoms with E-state index in [1.54, 1.807) is 0 Å². The van der Waals surface area contributed by atoms with Crippen molar-refractivity contribution in [2.45, 2.75) is 45.3 Å². The number of likely N-dealkylation sites (tertiary alicyclic amines) is 1. The van der Waals surface area contributed by atoms with Crippen LogP contribution < -0.4 is 16.0 Å². The lowest BCUT2D eigenvalue weighted by molar-refractivity contribution is -0.120. The maximum absolute atomic E-state index is 13.5. The molecule has 2 unspecified atom stereocenters. The summed E-state index contributed by atoms with van der Waals surface area (Å²) in [6.07, 6.45) is 0.264. The Hall–Kier alpha value is -4.40. The molecule has 4 heterocycles. The minimum Gasteiger partial charge on any atom is -0.459 e. The zero-order valence-electron chi connectivity index (χ0n) is 24.3. The first kappa shape index (κ1) is 26.5. The fourth-order valence-electron chi connectivity index (χ4n) is 6.58. The molecule has 0 spiro atoms. The smallest absolute Gasteiger partial charge is 0.225 e. The number of nitrogens with two attached hydrogens (primary N) is 1. The van der Waals surface area contributed by atoms with E-state index in [9.17, 15) is 4.79 Å². The minimum absolute atomic E-state index is 0.0305. The molecule has 8 nitrogen and oxygen atoms in total. The molecule has 1 amide bonds. The van der Waals surface area contributed by atoms with Gasteiger partial charge in [0.1, 0.15) is 17.1 Å². The molecule has 0 radical (unpaired) electrons. The molecule has 7 rings (SSSR count). The third-order valence-corrected chi connectivity index (χ3v) is 8.67. The summed E-state index contributed by atoms with van der Waals surface area (Å²) in [7, 11) is 2.08. The van der Waals surface area contributed by atoms with Crippen molar-refractivity contribution in [3.05, 3.63) is 112 Å². The molecule has 214 valence electrons. The zero-order valence-corrected chi connectivity index (χ0v) is 24.3. The largest absolute Gasteiger partial charge is 0.459 e. The number of furan rings is 1. The highest BCUT2D eigenvalue weighted by molar-refractivity contribution is 5.85. The highest BCUT2D eigenvalue weighted by Crippen LogP contribution is 2.44. The number of carbonyl (C=O) groups is 1. The molecule has 2 aromatic heterocycles. The van der Waals surface area contributed by atoms with Gasteiger partial charge >= 0.3 is 0 Å². The standard InChI is InChI=1S/C34H35N5O3/c1-19-9-11-26-28(13-19)38(4)27-8-6-5-7-25(27)33(26)36-31(40)15-22-10-12-29-23(14-22)16-30(41-29)34(39-17-24(35)18-39)32-20(2)37-42-21(32)3/h5-14,16,24,33-34H,15,17-18,35H2,1-4H3,(H,36,40). The summed E-state index contributed by atoms with van der Waals surface area (Å²) in [6, 6.07) is 22.5. The van der Waals surface area contributed by atoms with Gasteiger partial charge in [-0.1, -0.05) is 41.6 Å². The summed E-state index contributed by atoms with van der Waals surface area (Å²) >= 11 is 0. The van der Waals surface area contributed by atoms with Crippen molar-refractivity contribution in [2.24, 2.45) is 5.73 Å². The maximum atomic E-state index is 13.5. The van der Waals surface area contributed by atoms with Crippen molar-refractivity contribution in [3.8, 4) is 0 Å². The van der Waals surface area contributed by atoms with E-state index >= 15 is 0 Å². The van der Waals surface area contributed by atoms with Crippen LogP contribution in [0.2, 0.25) is 0 Å². The third kappa shape index (κ3) is 4.47. The zero-order chi connectivity index (χ0) is 29.1. The number of anilines is 2. The first-order valence-corrected chi connectivity index (χ1v) is 14.4. The van der Waals surface area contributed by atoms with Crippen LogP contribution in [0.1, 0.15) is 57.1 Å². The lowest BCUT2D eigenvalue weighted by Gasteiger charge is -2.41. The van der Waals surface area contributed by atoms with Crippen LogP contribution in [-0.2, 0) is 11.2 Å².